The van der Waals surface area contributed by atoms with Gasteiger partial charge in [0.2, 0.25) is 0 Å². The van der Waals surface area contributed by atoms with Crippen LogP contribution < -0.4 is 10.5 Å². The summed E-state index contributed by atoms with van der Waals surface area (Å²) >= 11 is 0. The molecule has 0 saturated heterocycles. The lowest BCUT2D eigenvalue weighted by atomic mass is 10.2. The minimum absolute atomic E-state index is 0.370. The zero-order valence-corrected chi connectivity index (χ0v) is 8.77. The summed E-state index contributed by atoms with van der Waals surface area (Å²) in [4.78, 5) is 11.6. The fourth-order valence-corrected chi connectivity index (χ4v) is 1.18. The van der Waals surface area contributed by atoms with E-state index in [0.29, 0.717) is 17.7 Å². The van der Waals surface area contributed by atoms with Gasteiger partial charge in [0, 0.05) is 6.20 Å². The maximum absolute atomic E-state index is 11.6. The van der Waals surface area contributed by atoms with E-state index in [0.717, 1.165) is 6.42 Å². The van der Waals surface area contributed by atoms with Crippen molar-refractivity contribution in [2.75, 3.05) is 0 Å². The summed E-state index contributed by atoms with van der Waals surface area (Å²) in [5, 5.41) is 0. The molecule has 2 N–H and O–H groups in total. The fourth-order valence-electron chi connectivity index (χ4n) is 1.18. The van der Waals surface area contributed by atoms with E-state index >= 15 is 0 Å². The lowest BCUT2D eigenvalue weighted by molar-refractivity contribution is -0.130. The molecule has 0 aromatic heterocycles. The molecule has 1 aromatic carbocycles. The minimum Gasteiger partial charge on any atom is -0.423 e. The molecule has 0 aliphatic rings. The van der Waals surface area contributed by atoms with Crippen molar-refractivity contribution in [2.24, 2.45) is 5.73 Å². The first-order valence-electron chi connectivity index (χ1n) is 4.96. The topological polar surface area (TPSA) is 52.3 Å². The van der Waals surface area contributed by atoms with Crippen LogP contribution in [-0.4, -0.2) is 5.97 Å². The van der Waals surface area contributed by atoms with Gasteiger partial charge in [0.05, 0.1) is 5.57 Å². The van der Waals surface area contributed by atoms with Gasteiger partial charge >= 0.3 is 5.97 Å². The maximum Gasteiger partial charge on any atom is 0.340 e. The first-order chi connectivity index (χ1) is 7.27. The van der Waals surface area contributed by atoms with E-state index in [4.69, 9.17) is 10.5 Å². The molecule has 0 unspecified atom stereocenters. The highest BCUT2D eigenvalue weighted by atomic mass is 16.5. The molecular formula is C12H15NO2. The van der Waals surface area contributed by atoms with E-state index in [1.807, 2.05) is 25.1 Å². The van der Waals surface area contributed by atoms with E-state index in [1.165, 1.54) is 6.20 Å². The number of carbonyl (C=O) groups is 1. The second kappa shape index (κ2) is 5.86. The number of rotatable bonds is 4. The van der Waals surface area contributed by atoms with E-state index in [9.17, 15) is 4.79 Å². The third kappa shape index (κ3) is 3.46. The number of benzene rings is 1. The van der Waals surface area contributed by atoms with Gasteiger partial charge in [-0.3, -0.25) is 0 Å². The molecule has 15 heavy (non-hydrogen) atoms. The van der Waals surface area contributed by atoms with Crippen LogP contribution in [0.4, 0.5) is 0 Å². The van der Waals surface area contributed by atoms with Gasteiger partial charge in [0.1, 0.15) is 5.75 Å². The molecule has 0 radical (unpaired) electrons. The summed E-state index contributed by atoms with van der Waals surface area (Å²) in [6.45, 7) is 1.99. The van der Waals surface area contributed by atoms with Crippen molar-refractivity contribution in [3.8, 4) is 5.75 Å². The third-order valence-electron chi connectivity index (χ3n) is 1.94. The molecule has 0 heterocycles. The second-order valence-corrected chi connectivity index (χ2v) is 3.14. The molecule has 0 spiro atoms. The van der Waals surface area contributed by atoms with Crippen LogP contribution in [0.15, 0.2) is 42.1 Å². The Hall–Kier alpha value is -1.77. The first kappa shape index (κ1) is 11.3. The number of para-hydroxylation sites is 1. The number of nitrogens with two attached hydrogens (primary N) is 1. The molecule has 0 aliphatic heterocycles. The Bertz CT molecular complexity index is 344. The van der Waals surface area contributed by atoms with E-state index < -0.39 is 0 Å². The summed E-state index contributed by atoms with van der Waals surface area (Å²) in [7, 11) is 0. The third-order valence-corrected chi connectivity index (χ3v) is 1.94. The number of hydrogen-bond acceptors (Lipinski definition) is 3. The number of ether oxygens (including phenoxy) is 1. The van der Waals surface area contributed by atoms with Gasteiger partial charge < -0.3 is 10.5 Å². The van der Waals surface area contributed by atoms with Crippen molar-refractivity contribution in [1.29, 1.82) is 0 Å². The summed E-state index contributed by atoms with van der Waals surface area (Å²) in [6, 6.07) is 8.96. The molecule has 0 fully saturated rings. The highest BCUT2D eigenvalue weighted by Crippen LogP contribution is 2.12. The Labute approximate surface area is 89.5 Å². The average molecular weight is 205 g/mol. The molecule has 0 aliphatic carbocycles. The van der Waals surface area contributed by atoms with E-state index in [2.05, 4.69) is 0 Å². The molecule has 0 saturated carbocycles. The van der Waals surface area contributed by atoms with Gasteiger partial charge in [0.15, 0.2) is 0 Å². The molecule has 80 valence electrons. The van der Waals surface area contributed by atoms with Crippen LogP contribution in [0, 0.1) is 0 Å². The van der Waals surface area contributed by atoms with Gasteiger partial charge in [-0.15, -0.1) is 0 Å². The van der Waals surface area contributed by atoms with Crippen LogP contribution in [0.1, 0.15) is 19.8 Å². The minimum atomic E-state index is -0.370. The second-order valence-electron chi connectivity index (χ2n) is 3.14. The Morgan fingerprint density at radius 2 is 2.07 bits per heavy atom. The molecule has 1 rings (SSSR count). The normalized spacial score (nSPS) is 11.1. The van der Waals surface area contributed by atoms with Crippen LogP contribution in [0.2, 0.25) is 0 Å². The monoisotopic (exact) mass is 205 g/mol. The van der Waals surface area contributed by atoms with E-state index in [-0.39, 0.29) is 5.97 Å². The number of hydrogen-bond donors (Lipinski definition) is 1. The zero-order valence-electron chi connectivity index (χ0n) is 8.77. The van der Waals surface area contributed by atoms with Gasteiger partial charge in [0.25, 0.3) is 0 Å². The summed E-state index contributed by atoms with van der Waals surface area (Å²) < 4.78 is 5.13. The van der Waals surface area contributed by atoms with Gasteiger partial charge in [-0.05, 0) is 18.6 Å². The first-order valence-corrected chi connectivity index (χ1v) is 4.96. The van der Waals surface area contributed by atoms with Crippen LogP contribution in [-0.2, 0) is 4.79 Å². The van der Waals surface area contributed by atoms with Crippen molar-refractivity contribution in [3.05, 3.63) is 42.1 Å². The van der Waals surface area contributed by atoms with Crippen LogP contribution in [0.5, 0.6) is 5.75 Å². The lowest BCUT2D eigenvalue weighted by Crippen LogP contribution is -2.12. The average Bonchev–Trinajstić information content (AvgIpc) is 2.27. The lowest BCUT2D eigenvalue weighted by Gasteiger charge is -2.05. The zero-order chi connectivity index (χ0) is 11.1. The smallest absolute Gasteiger partial charge is 0.340 e. The van der Waals surface area contributed by atoms with Crippen molar-refractivity contribution in [3.63, 3.8) is 0 Å². The van der Waals surface area contributed by atoms with Crippen molar-refractivity contribution >= 4 is 5.97 Å². The summed E-state index contributed by atoms with van der Waals surface area (Å²) in [5.74, 6) is 0.170. The number of carbonyl (C=O) groups excluding carboxylic acids is 1. The molecular weight excluding hydrogens is 190 g/mol. The highest BCUT2D eigenvalue weighted by molar-refractivity contribution is 5.89. The summed E-state index contributed by atoms with van der Waals surface area (Å²) in [6.07, 6.45) is 2.82. The van der Waals surface area contributed by atoms with Crippen molar-refractivity contribution < 1.29 is 9.53 Å². The Kier molecular flexibility index (Phi) is 4.41. The quantitative estimate of drug-likeness (QED) is 0.466. The number of esters is 1. The van der Waals surface area contributed by atoms with E-state index in [1.54, 1.807) is 12.1 Å². The van der Waals surface area contributed by atoms with Gasteiger partial charge in [-0.1, -0.05) is 31.5 Å². The predicted molar refractivity (Wildman–Crippen MR) is 59.3 cm³/mol. The highest BCUT2D eigenvalue weighted by Gasteiger charge is 2.10. The van der Waals surface area contributed by atoms with Crippen LogP contribution in [0.3, 0.4) is 0 Å². The Balaban J connectivity index is 2.63. The van der Waals surface area contributed by atoms with Gasteiger partial charge in [-0.25, -0.2) is 4.79 Å². The predicted octanol–water partition coefficient (Wildman–Crippen LogP) is 2.23. The van der Waals surface area contributed by atoms with Gasteiger partial charge in [-0.2, -0.15) is 0 Å². The SMILES string of the molecule is CCCC(=CN)C(=O)Oc1ccccc1. The molecule has 3 heteroatoms. The Morgan fingerprint density at radius 3 is 2.60 bits per heavy atom. The van der Waals surface area contributed by atoms with Crippen molar-refractivity contribution in [1.82, 2.24) is 0 Å². The molecule has 3 nitrogen and oxygen atoms in total. The molecule has 1 aromatic rings. The maximum atomic E-state index is 11.6. The standard InChI is InChI=1S/C12H15NO2/c1-2-6-10(9-13)12(14)15-11-7-4-3-5-8-11/h3-5,7-9H,2,6,13H2,1H3. The fraction of sp³-hybridized carbons (Fsp3) is 0.250. The van der Waals surface area contributed by atoms with Crippen LogP contribution in [0.25, 0.3) is 0 Å². The van der Waals surface area contributed by atoms with Crippen LogP contribution >= 0.6 is 0 Å². The molecule has 0 amide bonds. The summed E-state index contributed by atoms with van der Waals surface area (Å²) in [5.41, 5.74) is 5.87. The Morgan fingerprint density at radius 1 is 1.40 bits per heavy atom. The van der Waals surface area contributed by atoms with Crippen molar-refractivity contribution in [2.45, 2.75) is 19.8 Å². The molecule has 0 atom stereocenters. The molecule has 0 bridgehead atoms. The largest absolute Gasteiger partial charge is 0.423 e.